The van der Waals surface area contributed by atoms with E-state index >= 15 is 0 Å². The Balaban J connectivity index is 1.72. The maximum atomic E-state index is 12.6. The number of hydrogen-bond donors (Lipinski definition) is 2. The molecule has 7 heteroatoms. The fraction of sp³-hybridized carbons (Fsp3) is 0.471. The fourth-order valence-corrected chi connectivity index (χ4v) is 2.75. The number of fused-ring (bicyclic) bond motifs is 1. The van der Waals surface area contributed by atoms with Crippen LogP contribution in [-0.4, -0.2) is 33.5 Å². The highest BCUT2D eigenvalue weighted by atomic mass is 16.2. The highest BCUT2D eigenvalue weighted by molar-refractivity contribution is 5.86. The molecule has 0 spiro atoms. The summed E-state index contributed by atoms with van der Waals surface area (Å²) in [5, 5.41) is 5.39. The first-order chi connectivity index (χ1) is 11.6. The molecule has 2 N–H and O–H groups in total. The van der Waals surface area contributed by atoms with Crippen LogP contribution in [0.3, 0.4) is 0 Å². The van der Waals surface area contributed by atoms with Gasteiger partial charge in [-0.15, -0.1) is 0 Å². The van der Waals surface area contributed by atoms with E-state index in [1.807, 2.05) is 31.2 Å². The summed E-state index contributed by atoms with van der Waals surface area (Å²) < 4.78 is 3.14. The van der Waals surface area contributed by atoms with Crippen molar-refractivity contribution < 1.29 is 9.59 Å². The normalized spacial score (nSPS) is 13.9. The van der Waals surface area contributed by atoms with Crippen LogP contribution in [0.25, 0.3) is 11.0 Å². The van der Waals surface area contributed by atoms with Gasteiger partial charge in [0, 0.05) is 12.6 Å². The van der Waals surface area contributed by atoms with Crippen LogP contribution < -0.4 is 16.3 Å². The van der Waals surface area contributed by atoms with Crippen molar-refractivity contribution in [1.29, 1.82) is 0 Å². The van der Waals surface area contributed by atoms with E-state index in [0.717, 1.165) is 30.3 Å². The van der Waals surface area contributed by atoms with Crippen molar-refractivity contribution in [1.82, 2.24) is 19.8 Å². The maximum absolute atomic E-state index is 12.6. The minimum Gasteiger partial charge on any atom is -0.352 e. The van der Waals surface area contributed by atoms with Crippen molar-refractivity contribution in [3.05, 3.63) is 34.7 Å². The fourth-order valence-electron chi connectivity index (χ4n) is 2.75. The summed E-state index contributed by atoms with van der Waals surface area (Å²) in [6.45, 7) is 2.46. The highest BCUT2D eigenvalue weighted by Gasteiger charge is 2.23. The molecule has 7 nitrogen and oxygen atoms in total. The number of aromatic nitrogens is 2. The van der Waals surface area contributed by atoms with Gasteiger partial charge in [-0.3, -0.25) is 18.7 Å². The number of nitrogens with one attached hydrogen (secondary N) is 2. The monoisotopic (exact) mass is 330 g/mol. The summed E-state index contributed by atoms with van der Waals surface area (Å²) in [6, 6.07) is 7.69. The lowest BCUT2D eigenvalue weighted by Gasteiger charge is -2.06. The minimum absolute atomic E-state index is 0.0579. The second-order valence-electron chi connectivity index (χ2n) is 6.13. The second-order valence-corrected chi connectivity index (χ2v) is 6.13. The van der Waals surface area contributed by atoms with Gasteiger partial charge in [-0.1, -0.05) is 19.1 Å². The Hall–Kier alpha value is -2.57. The van der Waals surface area contributed by atoms with E-state index < -0.39 is 0 Å². The first-order valence-electron chi connectivity index (χ1n) is 8.34. The molecule has 0 saturated heterocycles. The zero-order valence-electron chi connectivity index (χ0n) is 13.7. The van der Waals surface area contributed by atoms with Crippen LogP contribution in [-0.2, 0) is 22.7 Å². The number of amides is 2. The van der Waals surface area contributed by atoms with Crippen molar-refractivity contribution in [3.8, 4) is 0 Å². The molecule has 128 valence electrons. The topological polar surface area (TPSA) is 85.1 Å². The number of carbonyl (C=O) groups is 2. The second kappa shape index (κ2) is 6.90. The van der Waals surface area contributed by atoms with Crippen molar-refractivity contribution >= 4 is 22.8 Å². The molecule has 2 aromatic rings. The van der Waals surface area contributed by atoms with E-state index in [-0.39, 0.29) is 36.6 Å². The Kier molecular flexibility index (Phi) is 4.69. The number of nitrogens with zero attached hydrogens (tertiary/aromatic N) is 2. The van der Waals surface area contributed by atoms with Crippen molar-refractivity contribution in [2.24, 2.45) is 0 Å². The van der Waals surface area contributed by atoms with Crippen LogP contribution in [0.4, 0.5) is 0 Å². The number of rotatable bonds is 7. The maximum Gasteiger partial charge on any atom is 0.329 e. The van der Waals surface area contributed by atoms with Gasteiger partial charge in [0.05, 0.1) is 17.6 Å². The molecular weight excluding hydrogens is 308 g/mol. The molecule has 1 aromatic heterocycles. The van der Waals surface area contributed by atoms with Crippen LogP contribution in [0.5, 0.6) is 0 Å². The summed E-state index contributed by atoms with van der Waals surface area (Å²) in [5.74, 6) is -0.533. The Morgan fingerprint density at radius 2 is 1.79 bits per heavy atom. The molecular formula is C17H22N4O3. The Morgan fingerprint density at radius 3 is 2.42 bits per heavy atom. The molecule has 0 aliphatic heterocycles. The lowest BCUT2D eigenvalue weighted by molar-refractivity contribution is -0.126. The molecule has 1 aromatic carbocycles. The largest absolute Gasteiger partial charge is 0.352 e. The standard InChI is InChI=1S/C17H22N4O3/c1-2-9-20-13-5-3-4-6-14(13)21(17(20)24)11-16(23)18-10-15(22)19-12-7-8-12/h3-6,12H,2,7-11H2,1H3,(H,18,23)(H,19,22). The highest BCUT2D eigenvalue weighted by Crippen LogP contribution is 2.18. The molecule has 1 aliphatic carbocycles. The number of hydrogen-bond acceptors (Lipinski definition) is 3. The zero-order chi connectivity index (χ0) is 17.1. The lowest BCUT2D eigenvalue weighted by Crippen LogP contribution is -2.40. The van der Waals surface area contributed by atoms with Gasteiger partial charge in [0.25, 0.3) is 0 Å². The third kappa shape index (κ3) is 3.50. The summed E-state index contributed by atoms with van der Waals surface area (Å²) in [5.41, 5.74) is 1.35. The molecule has 3 rings (SSSR count). The molecule has 0 radical (unpaired) electrons. The first-order valence-corrected chi connectivity index (χ1v) is 8.34. The van der Waals surface area contributed by atoms with Crippen LogP contribution in [0, 0.1) is 0 Å². The quantitative estimate of drug-likeness (QED) is 0.780. The predicted molar refractivity (Wildman–Crippen MR) is 90.7 cm³/mol. The van der Waals surface area contributed by atoms with E-state index in [4.69, 9.17) is 0 Å². The van der Waals surface area contributed by atoms with Crippen molar-refractivity contribution in [2.75, 3.05) is 6.54 Å². The molecule has 1 saturated carbocycles. The SMILES string of the molecule is CCCn1c(=O)n(CC(=O)NCC(=O)NC2CC2)c2ccccc21. The van der Waals surface area contributed by atoms with E-state index in [1.165, 1.54) is 4.57 Å². The smallest absolute Gasteiger partial charge is 0.329 e. The van der Waals surface area contributed by atoms with Gasteiger partial charge in [0.1, 0.15) is 6.54 Å². The predicted octanol–water partition coefficient (Wildman–Crippen LogP) is 0.608. The summed E-state index contributed by atoms with van der Waals surface area (Å²) in [7, 11) is 0. The molecule has 0 unspecified atom stereocenters. The minimum atomic E-state index is -0.345. The number of benzene rings is 1. The third-order valence-electron chi connectivity index (χ3n) is 4.06. The van der Waals surface area contributed by atoms with E-state index in [9.17, 15) is 14.4 Å². The molecule has 1 fully saturated rings. The Labute approximate surface area is 139 Å². The number of para-hydroxylation sites is 2. The van der Waals surface area contributed by atoms with Crippen LogP contribution in [0.15, 0.2) is 29.1 Å². The number of aryl methyl sites for hydroxylation is 1. The first kappa shape index (κ1) is 16.3. The molecule has 0 bridgehead atoms. The van der Waals surface area contributed by atoms with Crippen molar-refractivity contribution in [2.45, 2.75) is 45.3 Å². The van der Waals surface area contributed by atoms with Crippen LogP contribution in [0.2, 0.25) is 0 Å². The number of imidazole rings is 1. The van der Waals surface area contributed by atoms with E-state index in [2.05, 4.69) is 10.6 Å². The van der Waals surface area contributed by atoms with Crippen LogP contribution >= 0.6 is 0 Å². The molecule has 0 atom stereocenters. The van der Waals surface area contributed by atoms with Gasteiger partial charge in [-0.2, -0.15) is 0 Å². The summed E-state index contributed by atoms with van der Waals surface area (Å²) in [6.07, 6.45) is 2.85. The molecule has 2 amide bonds. The Morgan fingerprint density at radius 1 is 1.12 bits per heavy atom. The van der Waals surface area contributed by atoms with Gasteiger partial charge in [-0.25, -0.2) is 4.79 Å². The average Bonchev–Trinajstić information content (AvgIpc) is 3.35. The Bertz CT molecular complexity index is 817. The molecule has 1 heterocycles. The molecule has 1 aliphatic rings. The van der Waals surface area contributed by atoms with Gasteiger partial charge >= 0.3 is 5.69 Å². The van der Waals surface area contributed by atoms with Gasteiger partial charge in [0.2, 0.25) is 11.8 Å². The van der Waals surface area contributed by atoms with Gasteiger partial charge in [-0.05, 0) is 31.4 Å². The van der Waals surface area contributed by atoms with Gasteiger partial charge in [0.15, 0.2) is 0 Å². The van der Waals surface area contributed by atoms with Gasteiger partial charge < -0.3 is 10.6 Å². The number of carbonyl (C=O) groups excluding carboxylic acids is 2. The third-order valence-corrected chi connectivity index (χ3v) is 4.06. The molecule has 24 heavy (non-hydrogen) atoms. The van der Waals surface area contributed by atoms with Crippen LogP contribution in [0.1, 0.15) is 26.2 Å². The average molecular weight is 330 g/mol. The summed E-state index contributed by atoms with van der Waals surface area (Å²) in [4.78, 5) is 36.3. The summed E-state index contributed by atoms with van der Waals surface area (Å²) >= 11 is 0. The lowest BCUT2D eigenvalue weighted by atomic mass is 10.3. The van der Waals surface area contributed by atoms with E-state index in [1.54, 1.807) is 4.57 Å². The zero-order valence-corrected chi connectivity index (χ0v) is 13.7. The van der Waals surface area contributed by atoms with Crippen molar-refractivity contribution in [3.63, 3.8) is 0 Å². The van der Waals surface area contributed by atoms with E-state index in [0.29, 0.717) is 6.54 Å².